The van der Waals surface area contributed by atoms with Crippen LogP contribution in [0.15, 0.2) is 48.5 Å². The van der Waals surface area contributed by atoms with E-state index in [1.54, 1.807) is 11.5 Å². The maximum Gasteiger partial charge on any atom is 0.154 e. The molecule has 0 aliphatic carbocycles. The van der Waals surface area contributed by atoms with Crippen molar-refractivity contribution in [3.8, 4) is 0 Å². The largest absolute Gasteiger partial charge is 0.330 e. The van der Waals surface area contributed by atoms with Gasteiger partial charge in [-0.25, -0.2) is 0 Å². The van der Waals surface area contributed by atoms with E-state index in [0.29, 0.717) is 6.54 Å². The fourth-order valence-electron chi connectivity index (χ4n) is 2.90. The molecule has 0 atom stereocenters. The minimum Gasteiger partial charge on any atom is -0.330 e. The van der Waals surface area contributed by atoms with Crippen LogP contribution >= 0.6 is 11.5 Å². The predicted octanol–water partition coefficient (Wildman–Crippen LogP) is 5.13. The summed E-state index contributed by atoms with van der Waals surface area (Å²) in [6.45, 7) is 3.81. The number of hydrogen-bond donors (Lipinski definition) is 1. The predicted molar refractivity (Wildman–Crippen MR) is 105 cm³/mol. The van der Waals surface area contributed by atoms with Gasteiger partial charge in [0.05, 0.1) is 4.70 Å². The molecule has 4 heteroatoms. The van der Waals surface area contributed by atoms with Crippen molar-refractivity contribution in [2.75, 3.05) is 18.0 Å². The van der Waals surface area contributed by atoms with Crippen LogP contribution in [0.25, 0.3) is 10.1 Å². The van der Waals surface area contributed by atoms with Crippen molar-refractivity contribution >= 4 is 33.1 Å². The van der Waals surface area contributed by atoms with Gasteiger partial charge in [0, 0.05) is 17.6 Å². The first kappa shape index (κ1) is 16.9. The Morgan fingerprint density at radius 1 is 1.04 bits per heavy atom. The van der Waals surface area contributed by atoms with Crippen molar-refractivity contribution in [1.29, 1.82) is 0 Å². The van der Waals surface area contributed by atoms with E-state index in [1.165, 1.54) is 34.2 Å². The van der Waals surface area contributed by atoms with Crippen LogP contribution in [0.3, 0.4) is 0 Å². The first-order valence-electron chi connectivity index (χ1n) is 8.74. The van der Waals surface area contributed by atoms with Crippen molar-refractivity contribution in [2.24, 2.45) is 5.73 Å². The second kappa shape index (κ2) is 8.27. The molecular formula is C20H25N3S. The highest BCUT2D eigenvalue weighted by Gasteiger charge is 2.15. The molecule has 0 spiro atoms. The normalized spacial score (nSPS) is 11.1. The summed E-state index contributed by atoms with van der Waals surface area (Å²) in [5.41, 5.74) is 8.35. The summed E-state index contributed by atoms with van der Waals surface area (Å²) >= 11 is 1.56. The van der Waals surface area contributed by atoms with Crippen molar-refractivity contribution < 1.29 is 0 Å². The Kier molecular flexibility index (Phi) is 5.83. The van der Waals surface area contributed by atoms with Gasteiger partial charge in [-0.2, -0.15) is 4.37 Å². The number of benzene rings is 2. The van der Waals surface area contributed by atoms with E-state index in [2.05, 4.69) is 60.4 Å². The quantitative estimate of drug-likeness (QED) is 0.619. The van der Waals surface area contributed by atoms with Gasteiger partial charge < -0.3 is 10.6 Å². The lowest BCUT2D eigenvalue weighted by atomic mass is 10.1. The lowest BCUT2D eigenvalue weighted by Crippen LogP contribution is -2.21. The molecule has 1 heterocycles. The highest BCUT2D eigenvalue weighted by atomic mass is 32.1. The summed E-state index contributed by atoms with van der Waals surface area (Å²) in [6, 6.07) is 17.4. The third-order valence-electron chi connectivity index (χ3n) is 4.27. The van der Waals surface area contributed by atoms with Crippen LogP contribution in [-0.4, -0.2) is 17.5 Å². The molecule has 2 N–H and O–H groups in total. The molecule has 0 bridgehead atoms. The zero-order valence-electron chi connectivity index (χ0n) is 14.2. The van der Waals surface area contributed by atoms with Crippen molar-refractivity contribution in [3.63, 3.8) is 0 Å². The summed E-state index contributed by atoms with van der Waals surface area (Å²) in [7, 11) is 0. The smallest absolute Gasteiger partial charge is 0.154 e. The number of hydrogen-bond acceptors (Lipinski definition) is 4. The Morgan fingerprint density at radius 3 is 2.58 bits per heavy atom. The van der Waals surface area contributed by atoms with Gasteiger partial charge in [-0.15, -0.1) is 0 Å². The van der Waals surface area contributed by atoms with Gasteiger partial charge in [-0.05, 0) is 67.2 Å². The van der Waals surface area contributed by atoms with Crippen LogP contribution in [0.5, 0.6) is 0 Å². The van der Waals surface area contributed by atoms with Gasteiger partial charge in [-0.1, -0.05) is 37.6 Å². The minimum atomic E-state index is 0.688. The summed E-state index contributed by atoms with van der Waals surface area (Å²) in [4.78, 5) is 2.30. The number of rotatable bonds is 8. The number of nitrogens with zero attached hydrogens (tertiary/aromatic N) is 2. The third-order valence-corrected chi connectivity index (χ3v) is 5.08. The van der Waals surface area contributed by atoms with Crippen LogP contribution in [0.2, 0.25) is 0 Å². The average Bonchev–Trinajstić information content (AvgIpc) is 3.05. The van der Waals surface area contributed by atoms with Crippen LogP contribution in [0.1, 0.15) is 31.7 Å². The zero-order chi connectivity index (χ0) is 16.8. The summed E-state index contributed by atoms with van der Waals surface area (Å²) < 4.78 is 5.95. The van der Waals surface area contributed by atoms with Crippen molar-refractivity contribution in [3.05, 3.63) is 54.1 Å². The van der Waals surface area contributed by atoms with Gasteiger partial charge in [-0.3, -0.25) is 0 Å². The summed E-state index contributed by atoms with van der Waals surface area (Å²) in [6.07, 6.45) is 4.57. The third kappa shape index (κ3) is 3.77. The molecule has 24 heavy (non-hydrogen) atoms. The molecule has 3 aromatic rings. The Balaban J connectivity index is 1.91. The molecule has 0 saturated heterocycles. The standard InChI is InChI=1S/C20H25N3S/c1-2-3-7-16-10-12-17(13-11-16)23(15-6-14-21)20-18-8-4-5-9-19(18)24-22-20/h4-5,8-13H,2-3,6-7,14-15,21H2,1H3. The van der Waals surface area contributed by atoms with Crippen molar-refractivity contribution in [2.45, 2.75) is 32.6 Å². The van der Waals surface area contributed by atoms with E-state index in [9.17, 15) is 0 Å². The first-order valence-corrected chi connectivity index (χ1v) is 9.51. The van der Waals surface area contributed by atoms with E-state index in [1.807, 2.05) is 0 Å². The Labute approximate surface area is 148 Å². The zero-order valence-corrected chi connectivity index (χ0v) is 15.1. The fourth-order valence-corrected chi connectivity index (χ4v) is 3.68. The van der Waals surface area contributed by atoms with E-state index in [-0.39, 0.29) is 0 Å². The Hall–Kier alpha value is -1.91. The maximum atomic E-state index is 5.76. The number of anilines is 2. The van der Waals surface area contributed by atoms with Gasteiger partial charge >= 0.3 is 0 Å². The minimum absolute atomic E-state index is 0.688. The molecule has 0 saturated carbocycles. The molecule has 3 nitrogen and oxygen atoms in total. The first-order chi connectivity index (χ1) is 11.8. The van der Waals surface area contributed by atoms with Crippen LogP contribution < -0.4 is 10.6 Å². The molecule has 0 radical (unpaired) electrons. The van der Waals surface area contributed by atoms with Crippen LogP contribution in [0, 0.1) is 0 Å². The SMILES string of the molecule is CCCCc1ccc(N(CCCN)c2nsc3ccccc23)cc1. The average molecular weight is 340 g/mol. The van der Waals surface area contributed by atoms with Crippen LogP contribution in [0.4, 0.5) is 11.5 Å². The molecule has 0 aliphatic heterocycles. The Morgan fingerprint density at radius 2 is 1.83 bits per heavy atom. The monoisotopic (exact) mass is 339 g/mol. The van der Waals surface area contributed by atoms with E-state index < -0.39 is 0 Å². The lowest BCUT2D eigenvalue weighted by Gasteiger charge is -2.23. The second-order valence-corrected chi connectivity index (χ2v) is 6.87. The fraction of sp³-hybridized carbons (Fsp3) is 0.350. The molecule has 0 fully saturated rings. The topological polar surface area (TPSA) is 42.1 Å². The molecule has 3 rings (SSSR count). The van der Waals surface area contributed by atoms with Gasteiger partial charge in [0.25, 0.3) is 0 Å². The molecule has 0 aliphatic rings. The lowest BCUT2D eigenvalue weighted by molar-refractivity contribution is 0.793. The molecule has 2 aromatic carbocycles. The van der Waals surface area contributed by atoms with Gasteiger partial charge in [0.1, 0.15) is 0 Å². The number of fused-ring (bicyclic) bond motifs is 1. The van der Waals surface area contributed by atoms with E-state index in [4.69, 9.17) is 10.1 Å². The van der Waals surface area contributed by atoms with Gasteiger partial charge in [0.15, 0.2) is 5.82 Å². The highest BCUT2D eigenvalue weighted by Crippen LogP contribution is 2.34. The number of aryl methyl sites for hydroxylation is 1. The maximum absolute atomic E-state index is 5.76. The summed E-state index contributed by atoms with van der Waals surface area (Å²) in [5.74, 6) is 1.05. The van der Waals surface area contributed by atoms with Gasteiger partial charge in [0.2, 0.25) is 0 Å². The molecule has 0 unspecified atom stereocenters. The highest BCUT2D eigenvalue weighted by molar-refractivity contribution is 7.13. The number of nitrogens with two attached hydrogens (primary N) is 1. The van der Waals surface area contributed by atoms with E-state index >= 15 is 0 Å². The molecule has 126 valence electrons. The molecular weight excluding hydrogens is 314 g/mol. The number of unbranched alkanes of at least 4 members (excludes halogenated alkanes) is 1. The van der Waals surface area contributed by atoms with Crippen LogP contribution in [-0.2, 0) is 6.42 Å². The van der Waals surface area contributed by atoms with Crippen molar-refractivity contribution in [1.82, 2.24) is 4.37 Å². The Bertz CT molecular complexity index is 764. The van der Waals surface area contributed by atoms with E-state index in [0.717, 1.165) is 25.2 Å². The molecule has 1 aromatic heterocycles. The summed E-state index contributed by atoms with van der Waals surface area (Å²) in [5, 5.41) is 1.22. The second-order valence-electron chi connectivity index (χ2n) is 6.07. The number of aromatic nitrogens is 1. The molecule has 0 amide bonds.